The smallest absolute Gasteiger partial charge is 0.212 e. The molecule has 1 rings (SSSR count). The Balaban J connectivity index is 2.84. The zero-order chi connectivity index (χ0) is 10.3. The van der Waals surface area contributed by atoms with Crippen molar-refractivity contribution in [1.29, 1.82) is 0 Å². The van der Waals surface area contributed by atoms with E-state index in [9.17, 15) is 21.6 Å². The van der Waals surface area contributed by atoms with Gasteiger partial charge in [0.2, 0.25) is 9.05 Å². The molecule has 0 aromatic carbocycles. The van der Waals surface area contributed by atoms with Gasteiger partial charge in [0.25, 0.3) is 0 Å². The van der Waals surface area contributed by atoms with E-state index in [1.54, 1.807) is 0 Å². The molecule has 2 nitrogen and oxygen atoms in total. The molecule has 0 amide bonds. The number of alkyl halides is 3. The molecular formula is C6H8ClF3O2S. The molecule has 0 aromatic rings. The third-order valence-corrected chi connectivity index (χ3v) is 3.59. The topological polar surface area (TPSA) is 34.1 Å². The molecule has 0 saturated heterocycles. The summed E-state index contributed by atoms with van der Waals surface area (Å²) in [6.07, 6.45) is -4.33. The Morgan fingerprint density at radius 1 is 1.31 bits per heavy atom. The van der Waals surface area contributed by atoms with Crippen LogP contribution in [-0.4, -0.2) is 20.3 Å². The SMILES string of the molecule is O=S(=O)(Cl)CC1(C(F)(F)F)CCC1. The van der Waals surface area contributed by atoms with Gasteiger partial charge in [-0.15, -0.1) is 0 Å². The quantitative estimate of drug-likeness (QED) is 0.690. The fraction of sp³-hybridized carbons (Fsp3) is 1.00. The van der Waals surface area contributed by atoms with Crippen molar-refractivity contribution < 1.29 is 21.6 Å². The molecule has 0 bridgehead atoms. The Morgan fingerprint density at radius 2 is 1.77 bits per heavy atom. The van der Waals surface area contributed by atoms with Gasteiger partial charge in [-0.05, 0) is 12.8 Å². The van der Waals surface area contributed by atoms with E-state index in [0.29, 0.717) is 6.42 Å². The van der Waals surface area contributed by atoms with E-state index in [1.807, 2.05) is 0 Å². The minimum absolute atomic E-state index is 0.136. The maximum atomic E-state index is 12.4. The van der Waals surface area contributed by atoms with Crippen LogP contribution >= 0.6 is 10.7 Å². The molecule has 0 heterocycles. The Kier molecular flexibility index (Phi) is 2.58. The highest BCUT2D eigenvalue weighted by atomic mass is 35.7. The fourth-order valence-corrected chi connectivity index (χ4v) is 3.18. The average Bonchev–Trinajstić information content (AvgIpc) is 1.73. The van der Waals surface area contributed by atoms with E-state index >= 15 is 0 Å². The van der Waals surface area contributed by atoms with Crippen molar-refractivity contribution >= 4 is 19.7 Å². The van der Waals surface area contributed by atoms with Crippen LogP contribution in [0.15, 0.2) is 0 Å². The summed E-state index contributed by atoms with van der Waals surface area (Å²) in [7, 11) is 0.735. The van der Waals surface area contributed by atoms with Crippen LogP contribution in [0.5, 0.6) is 0 Å². The molecule has 0 N–H and O–H groups in total. The van der Waals surface area contributed by atoms with E-state index in [0.717, 1.165) is 0 Å². The first-order valence-electron chi connectivity index (χ1n) is 3.65. The van der Waals surface area contributed by atoms with Crippen molar-refractivity contribution in [3.8, 4) is 0 Å². The first-order valence-corrected chi connectivity index (χ1v) is 6.13. The maximum absolute atomic E-state index is 12.4. The molecule has 1 saturated carbocycles. The van der Waals surface area contributed by atoms with E-state index in [-0.39, 0.29) is 12.8 Å². The molecular weight excluding hydrogens is 229 g/mol. The van der Waals surface area contributed by atoms with Crippen molar-refractivity contribution in [2.24, 2.45) is 5.41 Å². The molecule has 1 aliphatic rings. The van der Waals surface area contributed by atoms with Gasteiger partial charge in [0.15, 0.2) is 0 Å². The first kappa shape index (κ1) is 11.1. The predicted molar refractivity (Wildman–Crippen MR) is 42.0 cm³/mol. The van der Waals surface area contributed by atoms with Crippen molar-refractivity contribution in [1.82, 2.24) is 0 Å². The van der Waals surface area contributed by atoms with Crippen LogP contribution in [0.25, 0.3) is 0 Å². The van der Waals surface area contributed by atoms with Crippen LogP contribution in [0.2, 0.25) is 0 Å². The lowest BCUT2D eigenvalue weighted by Crippen LogP contribution is -2.48. The highest BCUT2D eigenvalue weighted by Crippen LogP contribution is 2.53. The minimum atomic E-state index is -4.47. The Bertz CT molecular complexity index is 291. The third-order valence-electron chi connectivity index (χ3n) is 2.36. The van der Waals surface area contributed by atoms with Crippen molar-refractivity contribution in [2.75, 3.05) is 5.75 Å². The second kappa shape index (κ2) is 3.02. The molecule has 0 spiro atoms. The van der Waals surface area contributed by atoms with Crippen LogP contribution < -0.4 is 0 Å². The molecule has 1 aliphatic carbocycles. The van der Waals surface area contributed by atoms with E-state index in [1.165, 1.54) is 0 Å². The highest BCUT2D eigenvalue weighted by molar-refractivity contribution is 8.13. The van der Waals surface area contributed by atoms with Gasteiger partial charge < -0.3 is 0 Å². The van der Waals surface area contributed by atoms with Crippen molar-refractivity contribution in [2.45, 2.75) is 25.4 Å². The van der Waals surface area contributed by atoms with Gasteiger partial charge >= 0.3 is 6.18 Å². The summed E-state index contributed by atoms with van der Waals surface area (Å²) in [5.41, 5.74) is -2.08. The van der Waals surface area contributed by atoms with E-state index in [2.05, 4.69) is 0 Å². The summed E-state index contributed by atoms with van der Waals surface area (Å²) < 4.78 is 58.2. The third kappa shape index (κ3) is 2.28. The van der Waals surface area contributed by atoms with Crippen molar-refractivity contribution in [3.05, 3.63) is 0 Å². The normalized spacial score (nSPS) is 22.5. The maximum Gasteiger partial charge on any atom is 0.395 e. The molecule has 7 heteroatoms. The summed E-state index contributed by atoms with van der Waals surface area (Å²) >= 11 is 0. The van der Waals surface area contributed by atoms with Gasteiger partial charge in [-0.25, -0.2) is 8.42 Å². The second-order valence-corrected chi connectivity index (χ2v) is 6.09. The molecule has 0 aliphatic heterocycles. The average molecular weight is 237 g/mol. The lowest BCUT2D eigenvalue weighted by Gasteiger charge is -2.42. The molecule has 0 aromatic heterocycles. The standard InChI is InChI=1S/C6H8ClF3O2S/c7-13(11,12)4-5(2-1-3-5)6(8,9)10/h1-4H2. The molecule has 13 heavy (non-hydrogen) atoms. The molecule has 1 fully saturated rings. The summed E-state index contributed by atoms with van der Waals surface area (Å²) in [5, 5.41) is 0. The minimum Gasteiger partial charge on any atom is -0.212 e. The number of hydrogen-bond donors (Lipinski definition) is 0. The van der Waals surface area contributed by atoms with E-state index < -0.39 is 26.4 Å². The van der Waals surface area contributed by atoms with Gasteiger partial charge in [-0.2, -0.15) is 13.2 Å². The molecule has 0 radical (unpaired) electrons. The largest absolute Gasteiger partial charge is 0.395 e. The Hall–Kier alpha value is 0.0300. The first-order chi connectivity index (χ1) is 5.66. The lowest BCUT2D eigenvalue weighted by atomic mass is 9.70. The summed E-state index contributed by atoms with van der Waals surface area (Å²) in [5.74, 6) is -0.995. The number of rotatable bonds is 2. The number of halogens is 4. The van der Waals surface area contributed by atoms with Gasteiger partial charge in [-0.3, -0.25) is 0 Å². The number of hydrogen-bond acceptors (Lipinski definition) is 2. The van der Waals surface area contributed by atoms with Crippen LogP contribution in [0.3, 0.4) is 0 Å². The summed E-state index contributed by atoms with van der Waals surface area (Å²) in [6.45, 7) is 0. The van der Waals surface area contributed by atoms with Gasteiger partial charge in [0.1, 0.15) is 0 Å². The zero-order valence-electron chi connectivity index (χ0n) is 6.57. The highest BCUT2D eigenvalue weighted by Gasteiger charge is 2.59. The molecule has 0 atom stereocenters. The Labute approximate surface area is 78.5 Å². The summed E-state index contributed by atoms with van der Waals surface area (Å²) in [6, 6.07) is 0. The fourth-order valence-electron chi connectivity index (χ4n) is 1.44. The van der Waals surface area contributed by atoms with Crippen LogP contribution in [0.1, 0.15) is 19.3 Å². The van der Waals surface area contributed by atoms with Gasteiger partial charge in [0, 0.05) is 10.7 Å². The second-order valence-electron chi connectivity index (χ2n) is 3.31. The molecule has 78 valence electrons. The van der Waals surface area contributed by atoms with E-state index in [4.69, 9.17) is 10.7 Å². The monoisotopic (exact) mass is 236 g/mol. The van der Waals surface area contributed by atoms with Crippen LogP contribution in [0, 0.1) is 5.41 Å². The lowest BCUT2D eigenvalue weighted by molar-refractivity contribution is -0.241. The predicted octanol–water partition coefficient (Wildman–Crippen LogP) is 2.29. The zero-order valence-corrected chi connectivity index (χ0v) is 8.14. The molecule has 0 unspecified atom stereocenters. The Morgan fingerprint density at radius 3 is 1.85 bits per heavy atom. The van der Waals surface area contributed by atoms with Gasteiger partial charge in [0.05, 0.1) is 11.2 Å². The van der Waals surface area contributed by atoms with Crippen LogP contribution in [-0.2, 0) is 9.05 Å². The van der Waals surface area contributed by atoms with Gasteiger partial charge in [-0.1, -0.05) is 6.42 Å². The summed E-state index contributed by atoms with van der Waals surface area (Å²) in [4.78, 5) is 0. The van der Waals surface area contributed by atoms with Crippen LogP contribution in [0.4, 0.5) is 13.2 Å². The van der Waals surface area contributed by atoms with Crippen molar-refractivity contribution in [3.63, 3.8) is 0 Å².